The summed E-state index contributed by atoms with van der Waals surface area (Å²) in [6, 6.07) is 16.4. The molecule has 2 N–H and O–H groups in total. The predicted octanol–water partition coefficient (Wildman–Crippen LogP) is 3.98. The fraction of sp³-hybridized carbons (Fsp3) is 0.350. The maximum absolute atomic E-state index is 5.84. The predicted molar refractivity (Wildman–Crippen MR) is 116 cm³/mol. The smallest absolute Gasteiger partial charge is 0.191 e. The first-order chi connectivity index (χ1) is 12.3. The molecule has 2 aromatic rings. The van der Waals surface area contributed by atoms with Gasteiger partial charge in [-0.15, -0.1) is 24.0 Å². The van der Waals surface area contributed by atoms with E-state index in [2.05, 4.69) is 27.8 Å². The number of methoxy groups -OCH3 is 1. The second-order valence-corrected chi connectivity index (χ2v) is 6.09. The first kappa shape index (κ1) is 20.4. The standard InChI is InChI=1S/C20H25N3O2.HI/c1-21-20(23-16-5-6-16)22-14-13-15-3-7-18(8-4-15)25-19-11-9-17(24-2)10-12-19;/h3-4,7-12,16H,5-6,13-14H2,1-2H3,(H2,21,22,23);1H. The molecule has 140 valence electrons. The number of benzene rings is 2. The van der Waals surface area contributed by atoms with E-state index in [1.54, 1.807) is 7.11 Å². The number of nitrogens with zero attached hydrogens (tertiary/aromatic N) is 1. The van der Waals surface area contributed by atoms with Gasteiger partial charge in [0.05, 0.1) is 7.11 Å². The van der Waals surface area contributed by atoms with E-state index in [1.165, 1.54) is 18.4 Å². The van der Waals surface area contributed by atoms with E-state index >= 15 is 0 Å². The number of guanidine groups is 1. The van der Waals surface area contributed by atoms with E-state index in [-0.39, 0.29) is 24.0 Å². The molecule has 0 bridgehead atoms. The summed E-state index contributed by atoms with van der Waals surface area (Å²) in [5.41, 5.74) is 1.26. The van der Waals surface area contributed by atoms with Crippen molar-refractivity contribution in [3.8, 4) is 17.2 Å². The van der Waals surface area contributed by atoms with Crippen molar-refractivity contribution in [2.75, 3.05) is 20.7 Å². The van der Waals surface area contributed by atoms with Crippen LogP contribution in [-0.4, -0.2) is 32.7 Å². The molecule has 0 heterocycles. The molecule has 1 fully saturated rings. The van der Waals surface area contributed by atoms with Gasteiger partial charge in [0.2, 0.25) is 0 Å². The lowest BCUT2D eigenvalue weighted by atomic mass is 10.1. The summed E-state index contributed by atoms with van der Waals surface area (Å²) in [4.78, 5) is 4.24. The Morgan fingerprint density at radius 3 is 2.12 bits per heavy atom. The highest BCUT2D eigenvalue weighted by molar-refractivity contribution is 14.0. The van der Waals surface area contributed by atoms with Crippen molar-refractivity contribution in [3.05, 3.63) is 54.1 Å². The molecule has 26 heavy (non-hydrogen) atoms. The third kappa shape index (κ3) is 6.40. The van der Waals surface area contributed by atoms with Gasteiger partial charge in [0.25, 0.3) is 0 Å². The molecule has 1 aliphatic carbocycles. The molecular weight excluding hydrogens is 441 g/mol. The molecule has 1 saturated carbocycles. The summed E-state index contributed by atoms with van der Waals surface area (Å²) in [5, 5.41) is 6.73. The van der Waals surface area contributed by atoms with Gasteiger partial charge in [-0.3, -0.25) is 4.99 Å². The molecule has 3 rings (SSSR count). The molecule has 0 unspecified atom stereocenters. The lowest BCUT2D eigenvalue weighted by molar-refractivity contribution is 0.413. The third-order valence-corrected chi connectivity index (χ3v) is 4.07. The van der Waals surface area contributed by atoms with E-state index in [0.717, 1.165) is 36.2 Å². The zero-order valence-corrected chi connectivity index (χ0v) is 17.5. The molecule has 0 saturated heterocycles. The van der Waals surface area contributed by atoms with Gasteiger partial charge in [0, 0.05) is 19.6 Å². The van der Waals surface area contributed by atoms with Gasteiger partial charge >= 0.3 is 0 Å². The van der Waals surface area contributed by atoms with Gasteiger partial charge in [-0.05, 0) is 61.2 Å². The van der Waals surface area contributed by atoms with Gasteiger partial charge in [-0.25, -0.2) is 0 Å². The van der Waals surface area contributed by atoms with Crippen molar-refractivity contribution in [3.63, 3.8) is 0 Å². The van der Waals surface area contributed by atoms with Crippen molar-refractivity contribution < 1.29 is 9.47 Å². The fourth-order valence-corrected chi connectivity index (χ4v) is 2.44. The van der Waals surface area contributed by atoms with Crippen LogP contribution < -0.4 is 20.1 Å². The number of hydrogen-bond acceptors (Lipinski definition) is 3. The maximum Gasteiger partial charge on any atom is 0.191 e. The molecular formula is C20H26IN3O2. The van der Waals surface area contributed by atoms with Crippen molar-refractivity contribution in [1.82, 2.24) is 10.6 Å². The first-order valence-electron chi connectivity index (χ1n) is 8.65. The highest BCUT2D eigenvalue weighted by Crippen LogP contribution is 2.24. The largest absolute Gasteiger partial charge is 0.497 e. The van der Waals surface area contributed by atoms with Gasteiger partial charge in [-0.2, -0.15) is 0 Å². The van der Waals surface area contributed by atoms with Crippen LogP contribution in [0.1, 0.15) is 18.4 Å². The minimum absolute atomic E-state index is 0. The lowest BCUT2D eigenvalue weighted by Crippen LogP contribution is -2.39. The molecule has 0 radical (unpaired) electrons. The van der Waals surface area contributed by atoms with E-state index in [4.69, 9.17) is 9.47 Å². The Bertz CT molecular complexity index is 698. The second kappa shape index (κ2) is 10.3. The molecule has 0 spiro atoms. The maximum atomic E-state index is 5.84. The minimum atomic E-state index is 0. The number of hydrogen-bond donors (Lipinski definition) is 2. The van der Waals surface area contributed by atoms with Crippen LogP contribution in [0.4, 0.5) is 0 Å². The Labute approximate surface area is 172 Å². The summed E-state index contributed by atoms with van der Waals surface area (Å²) in [6.45, 7) is 0.852. The topological polar surface area (TPSA) is 54.9 Å². The van der Waals surface area contributed by atoms with Gasteiger partial charge in [-0.1, -0.05) is 12.1 Å². The van der Waals surface area contributed by atoms with Crippen molar-refractivity contribution in [1.29, 1.82) is 0 Å². The van der Waals surface area contributed by atoms with Gasteiger partial charge in [0.1, 0.15) is 17.2 Å². The molecule has 0 amide bonds. The number of ether oxygens (including phenoxy) is 2. The molecule has 6 heteroatoms. The molecule has 0 aliphatic heterocycles. The number of nitrogens with one attached hydrogen (secondary N) is 2. The molecule has 0 aromatic heterocycles. The lowest BCUT2D eigenvalue weighted by Gasteiger charge is -2.11. The van der Waals surface area contributed by atoms with Crippen LogP contribution in [0.2, 0.25) is 0 Å². The van der Waals surface area contributed by atoms with E-state index in [0.29, 0.717) is 6.04 Å². The summed E-state index contributed by atoms with van der Waals surface area (Å²) in [7, 11) is 3.46. The first-order valence-corrected chi connectivity index (χ1v) is 8.65. The summed E-state index contributed by atoms with van der Waals surface area (Å²) < 4.78 is 11.0. The molecule has 5 nitrogen and oxygen atoms in total. The normalized spacial score (nSPS) is 13.5. The monoisotopic (exact) mass is 467 g/mol. The quantitative estimate of drug-likeness (QED) is 0.368. The molecule has 1 aliphatic rings. The highest BCUT2D eigenvalue weighted by atomic mass is 127. The van der Waals surface area contributed by atoms with Gasteiger partial charge in [0.15, 0.2) is 5.96 Å². The Morgan fingerprint density at radius 1 is 1.00 bits per heavy atom. The second-order valence-electron chi connectivity index (χ2n) is 6.09. The highest BCUT2D eigenvalue weighted by Gasteiger charge is 2.21. The van der Waals surface area contributed by atoms with Crippen molar-refractivity contribution in [2.45, 2.75) is 25.3 Å². The van der Waals surface area contributed by atoms with Crippen molar-refractivity contribution in [2.24, 2.45) is 4.99 Å². The van der Waals surface area contributed by atoms with Crippen LogP contribution in [0.3, 0.4) is 0 Å². The Hall–Kier alpha value is -1.96. The summed E-state index contributed by atoms with van der Waals surface area (Å²) >= 11 is 0. The Balaban J connectivity index is 0.00000243. The van der Waals surface area contributed by atoms with Crippen LogP contribution in [0.25, 0.3) is 0 Å². The zero-order chi connectivity index (χ0) is 17.5. The van der Waals surface area contributed by atoms with Gasteiger partial charge < -0.3 is 20.1 Å². The van der Waals surface area contributed by atoms with Crippen LogP contribution in [0.5, 0.6) is 17.2 Å². The number of halogens is 1. The summed E-state index contributed by atoms with van der Waals surface area (Å²) in [5.74, 6) is 3.33. The van der Waals surface area contributed by atoms with E-state index in [9.17, 15) is 0 Å². The minimum Gasteiger partial charge on any atom is -0.497 e. The molecule has 0 atom stereocenters. The van der Waals surface area contributed by atoms with E-state index < -0.39 is 0 Å². The van der Waals surface area contributed by atoms with E-state index in [1.807, 2.05) is 43.4 Å². The molecule has 2 aromatic carbocycles. The van der Waals surface area contributed by atoms with Crippen LogP contribution in [-0.2, 0) is 6.42 Å². The van der Waals surface area contributed by atoms with Crippen molar-refractivity contribution >= 4 is 29.9 Å². The average molecular weight is 467 g/mol. The zero-order valence-electron chi connectivity index (χ0n) is 15.2. The van der Waals surface area contributed by atoms with Crippen LogP contribution in [0, 0.1) is 0 Å². The number of aliphatic imine (C=N–C) groups is 1. The number of rotatable bonds is 7. The third-order valence-electron chi connectivity index (χ3n) is 4.07. The SMILES string of the molecule is CN=C(NCCc1ccc(Oc2ccc(OC)cc2)cc1)NC1CC1.I. The Morgan fingerprint density at radius 2 is 1.58 bits per heavy atom. The Kier molecular flexibility index (Phi) is 8.03. The van der Waals surface area contributed by atoms with Crippen LogP contribution >= 0.6 is 24.0 Å². The summed E-state index contributed by atoms with van der Waals surface area (Å²) in [6.07, 6.45) is 3.43. The average Bonchev–Trinajstić information content (AvgIpc) is 3.47. The van der Waals surface area contributed by atoms with Crippen LogP contribution in [0.15, 0.2) is 53.5 Å². The fourth-order valence-electron chi connectivity index (χ4n) is 2.44.